The molecule has 63 heavy (non-hydrogen) atoms. The highest BCUT2D eigenvalue weighted by molar-refractivity contribution is 7.98. The molecule has 0 saturated carbocycles. The van der Waals surface area contributed by atoms with Gasteiger partial charge < -0.3 is 63.6 Å². The number of nitrogens with two attached hydrogens (primary N) is 1. The van der Waals surface area contributed by atoms with Crippen LogP contribution in [0.5, 0.6) is 0 Å². The fourth-order valence-electron chi connectivity index (χ4n) is 6.01. The van der Waals surface area contributed by atoms with Gasteiger partial charge in [0, 0.05) is 0 Å². The van der Waals surface area contributed by atoms with Crippen molar-refractivity contribution >= 4 is 65.0 Å². The van der Waals surface area contributed by atoms with Gasteiger partial charge in [0.2, 0.25) is 47.3 Å². The van der Waals surface area contributed by atoms with Gasteiger partial charge in [-0.2, -0.15) is 11.8 Å². The van der Waals surface area contributed by atoms with Crippen LogP contribution in [-0.4, -0.2) is 148 Å². The van der Waals surface area contributed by atoms with E-state index < -0.39 is 126 Å². The Morgan fingerprint density at radius 2 is 0.921 bits per heavy atom. The number of aliphatic carboxylic acids is 1. The quantitative estimate of drug-likeness (QED) is 0.0396. The van der Waals surface area contributed by atoms with E-state index in [1.54, 1.807) is 47.8 Å². The number of aliphatic hydroxyl groups is 2. The van der Waals surface area contributed by atoms with E-state index >= 15 is 0 Å². The highest BCUT2D eigenvalue weighted by Gasteiger charge is 2.35. The number of amides is 8. The Labute approximate surface area is 375 Å². The van der Waals surface area contributed by atoms with Crippen LogP contribution in [0, 0.1) is 23.7 Å². The minimum atomic E-state index is -1.59. The molecule has 0 rings (SSSR count). The van der Waals surface area contributed by atoms with Crippen LogP contribution < -0.4 is 48.3 Å². The van der Waals surface area contributed by atoms with Gasteiger partial charge in [-0.05, 0) is 82.1 Å². The molecule has 0 aliphatic carbocycles. The zero-order chi connectivity index (χ0) is 48.9. The molecule has 0 fully saturated rings. The van der Waals surface area contributed by atoms with Crippen LogP contribution in [0.3, 0.4) is 0 Å². The Kier molecular flexibility index (Phi) is 26.9. The second-order valence-corrected chi connectivity index (χ2v) is 18.5. The smallest absolute Gasteiger partial charge is 0.326 e. The number of hydrogen-bond acceptors (Lipinski definition) is 13. The molecule has 0 aromatic carbocycles. The highest BCUT2D eigenvalue weighted by Crippen LogP contribution is 2.12. The molecule has 0 aromatic rings. The fraction of sp³-hybridized carbons (Fsp3) is 0.780. The minimum Gasteiger partial charge on any atom is -0.480 e. The number of carboxylic acid groups (broad SMARTS) is 1. The number of carbonyl (C=O) groups is 9. The maximum Gasteiger partial charge on any atom is 0.326 e. The molecule has 0 radical (unpaired) electrons. The lowest BCUT2D eigenvalue weighted by atomic mass is 9.99. The van der Waals surface area contributed by atoms with Crippen molar-refractivity contribution in [1.82, 2.24) is 42.5 Å². The summed E-state index contributed by atoms with van der Waals surface area (Å²) in [6.45, 7) is 17.4. The Hall–Kier alpha value is -4.54. The molecule has 0 heterocycles. The van der Waals surface area contributed by atoms with E-state index in [4.69, 9.17) is 5.73 Å². The summed E-state index contributed by atoms with van der Waals surface area (Å²) in [5.74, 6) is -7.89. The minimum absolute atomic E-state index is 0.0451. The van der Waals surface area contributed by atoms with E-state index in [0.717, 1.165) is 0 Å². The van der Waals surface area contributed by atoms with Crippen LogP contribution in [0.15, 0.2) is 0 Å². The van der Waals surface area contributed by atoms with Gasteiger partial charge in [0.25, 0.3) is 0 Å². The molecule has 362 valence electrons. The van der Waals surface area contributed by atoms with Gasteiger partial charge in [-0.1, -0.05) is 55.4 Å². The molecule has 8 amide bonds. The van der Waals surface area contributed by atoms with Crippen LogP contribution in [0.4, 0.5) is 0 Å². The highest BCUT2D eigenvalue weighted by atomic mass is 32.2. The summed E-state index contributed by atoms with van der Waals surface area (Å²) in [5, 5.41) is 49.9. The van der Waals surface area contributed by atoms with Crippen LogP contribution >= 0.6 is 11.8 Å². The number of thioether (sulfide) groups is 1. The molecule has 21 nitrogen and oxygen atoms in total. The third-order valence-corrected chi connectivity index (χ3v) is 10.2. The Balaban J connectivity index is 5.94. The predicted molar refractivity (Wildman–Crippen MR) is 237 cm³/mol. The first kappa shape index (κ1) is 58.5. The van der Waals surface area contributed by atoms with E-state index in [9.17, 15) is 58.5 Å². The van der Waals surface area contributed by atoms with E-state index in [1.165, 1.54) is 32.5 Å². The van der Waals surface area contributed by atoms with Crippen LogP contribution in [0.1, 0.15) is 102 Å². The lowest BCUT2D eigenvalue weighted by Crippen LogP contribution is -2.61. The maximum atomic E-state index is 13.7. The zero-order valence-corrected chi connectivity index (χ0v) is 39.6. The second-order valence-electron chi connectivity index (χ2n) is 17.5. The summed E-state index contributed by atoms with van der Waals surface area (Å²) in [5.41, 5.74) is 5.70. The van der Waals surface area contributed by atoms with E-state index in [2.05, 4.69) is 42.5 Å². The molecular formula is C41H75N9O12S. The van der Waals surface area contributed by atoms with Gasteiger partial charge in [0.15, 0.2) is 0 Å². The summed E-state index contributed by atoms with van der Waals surface area (Å²) >= 11 is 1.38. The summed E-state index contributed by atoms with van der Waals surface area (Å²) < 4.78 is 0. The largest absolute Gasteiger partial charge is 0.480 e. The maximum absolute atomic E-state index is 13.7. The Bertz CT molecular complexity index is 1550. The molecule has 13 N–H and O–H groups in total. The van der Waals surface area contributed by atoms with Crippen molar-refractivity contribution in [3.63, 3.8) is 0 Å². The molecule has 22 heteroatoms. The third kappa shape index (κ3) is 22.6. The first-order valence-electron chi connectivity index (χ1n) is 21.4. The number of hydrogen-bond donors (Lipinski definition) is 12. The SMILES string of the molecule is CSCC[C@@H](NC(=O)[C@@H](NC(=O)[C@H](CC(C)C)NC(=O)[C@H](CC(C)C)NC(=O)CNC(=O)[C@H](C)NC(=O)[C@H](CC(C)C)NC(=O)[C@@H](N)[C@@H](C)O)[C@@H](C)O)C(=O)N[C@H](C(=O)O)C(C)C. The zero-order valence-electron chi connectivity index (χ0n) is 38.8. The van der Waals surface area contributed by atoms with Gasteiger partial charge >= 0.3 is 5.97 Å². The molecule has 0 bridgehead atoms. The van der Waals surface area contributed by atoms with Gasteiger partial charge in [0.1, 0.15) is 48.3 Å². The van der Waals surface area contributed by atoms with Crippen molar-refractivity contribution in [2.24, 2.45) is 29.4 Å². The van der Waals surface area contributed by atoms with Crippen molar-refractivity contribution in [3.05, 3.63) is 0 Å². The molecule has 0 saturated heterocycles. The van der Waals surface area contributed by atoms with Gasteiger partial charge in [-0.25, -0.2) is 4.79 Å². The predicted octanol–water partition coefficient (Wildman–Crippen LogP) is -1.76. The standard InChI is InChI=1S/C41H75N9O12S/c1-19(2)15-27(45-30(53)18-43-34(54)23(9)44-36(56)28(16-20(3)4)48-39(59)31(42)24(10)51)37(57)47-29(17-21(5)6)38(58)50-33(25(11)52)40(60)46-26(13-14-63-12)35(55)49-32(22(7)8)41(61)62/h19-29,31-33,51-52H,13-18,42H2,1-12H3,(H,43,54)(H,44,56)(H,45,53)(H,46,60)(H,47,57)(H,48,59)(H,49,55)(H,50,58)(H,61,62)/t23-,24+,25+,26+,27-,28-,29-,31-,32-,33-/m0/s1. The second kappa shape index (κ2) is 29.0. The van der Waals surface area contributed by atoms with E-state index in [1.807, 2.05) is 13.8 Å². The molecule has 0 unspecified atom stereocenters. The lowest BCUT2D eigenvalue weighted by molar-refractivity contribution is -0.143. The molecule has 0 aliphatic rings. The van der Waals surface area contributed by atoms with Crippen LogP contribution in [0.2, 0.25) is 0 Å². The Morgan fingerprint density at radius 1 is 0.508 bits per heavy atom. The van der Waals surface area contributed by atoms with Crippen molar-refractivity contribution in [3.8, 4) is 0 Å². The molecule has 0 aromatic heterocycles. The number of carbonyl (C=O) groups excluding carboxylic acids is 8. The lowest BCUT2D eigenvalue weighted by Gasteiger charge is -2.29. The first-order chi connectivity index (χ1) is 29.1. The van der Waals surface area contributed by atoms with Gasteiger partial charge in [0.05, 0.1) is 18.8 Å². The molecule has 0 aliphatic heterocycles. The van der Waals surface area contributed by atoms with Crippen molar-refractivity contribution < 1.29 is 58.5 Å². The molecule has 10 atom stereocenters. The summed E-state index contributed by atoms with van der Waals surface area (Å²) in [4.78, 5) is 117. The summed E-state index contributed by atoms with van der Waals surface area (Å²) in [6, 6.07) is -9.98. The normalized spacial score (nSPS) is 16.2. The van der Waals surface area contributed by atoms with Crippen molar-refractivity contribution in [1.29, 1.82) is 0 Å². The van der Waals surface area contributed by atoms with E-state index in [0.29, 0.717) is 5.75 Å². The number of nitrogens with one attached hydrogen (secondary N) is 8. The molecule has 0 spiro atoms. The summed E-state index contributed by atoms with van der Waals surface area (Å²) in [7, 11) is 0. The average Bonchev–Trinajstić information content (AvgIpc) is 3.16. The van der Waals surface area contributed by atoms with E-state index in [-0.39, 0.29) is 43.4 Å². The third-order valence-electron chi connectivity index (χ3n) is 9.57. The van der Waals surface area contributed by atoms with Gasteiger partial charge in [-0.15, -0.1) is 0 Å². The van der Waals surface area contributed by atoms with Crippen molar-refractivity contribution in [2.75, 3.05) is 18.6 Å². The number of rotatable bonds is 29. The summed E-state index contributed by atoms with van der Waals surface area (Å²) in [6.07, 6.45) is -0.360. The van der Waals surface area contributed by atoms with Crippen LogP contribution in [0.25, 0.3) is 0 Å². The number of aliphatic hydroxyl groups excluding tert-OH is 2. The topological polar surface area (TPSA) is 337 Å². The van der Waals surface area contributed by atoms with Crippen molar-refractivity contribution in [2.45, 2.75) is 162 Å². The van der Waals surface area contributed by atoms with Gasteiger partial charge in [-0.3, -0.25) is 38.4 Å². The monoisotopic (exact) mass is 918 g/mol. The Morgan fingerprint density at radius 3 is 1.35 bits per heavy atom. The number of carboxylic acids is 1. The molecular weight excluding hydrogens is 843 g/mol. The fourth-order valence-corrected chi connectivity index (χ4v) is 6.48. The van der Waals surface area contributed by atoms with Crippen LogP contribution in [-0.2, 0) is 43.2 Å². The first-order valence-corrected chi connectivity index (χ1v) is 22.7. The average molecular weight is 918 g/mol.